The van der Waals surface area contributed by atoms with Crippen LogP contribution >= 0.6 is 11.8 Å². The Kier molecular flexibility index (Phi) is 7.98. The Morgan fingerprint density at radius 3 is 2.81 bits per heavy atom. The summed E-state index contributed by atoms with van der Waals surface area (Å²) in [5, 5.41) is 16.5. The number of hydrogen-bond acceptors (Lipinski definition) is 5. The van der Waals surface area contributed by atoms with Crippen LogP contribution in [0.15, 0.2) is 5.10 Å². The maximum absolute atomic E-state index is 10.4. The zero-order valence-electron chi connectivity index (χ0n) is 13.2. The summed E-state index contributed by atoms with van der Waals surface area (Å²) in [7, 11) is 0. The number of nitro groups is 1. The predicted molar refractivity (Wildman–Crippen MR) is 86.1 cm³/mol. The molecule has 1 rings (SSSR count). The van der Waals surface area contributed by atoms with E-state index in [4.69, 9.17) is 4.74 Å². The number of hydrogen-bond donors (Lipinski definition) is 1. The Morgan fingerprint density at radius 1 is 1.62 bits per heavy atom. The summed E-state index contributed by atoms with van der Waals surface area (Å²) in [4.78, 5) is 12.8. The molecule has 0 aliphatic carbocycles. The summed E-state index contributed by atoms with van der Waals surface area (Å²) in [6.07, 6.45) is 1.77. The minimum absolute atomic E-state index is 0.284. The van der Waals surface area contributed by atoms with Crippen LogP contribution in [0.3, 0.4) is 0 Å². The normalized spacial score (nSPS) is 24.3. The molecule has 3 unspecified atom stereocenters. The molecule has 1 aliphatic heterocycles. The Balaban J connectivity index is 2.47. The number of amidine groups is 1. The summed E-state index contributed by atoms with van der Waals surface area (Å²) < 4.78 is 5.51. The van der Waals surface area contributed by atoms with E-state index in [9.17, 15) is 10.1 Å². The summed E-state index contributed by atoms with van der Waals surface area (Å²) >= 11 is 1.25. The number of nitrogens with zero attached hydrogens (tertiary/aromatic N) is 3. The van der Waals surface area contributed by atoms with Crippen LogP contribution in [0.5, 0.6) is 0 Å². The van der Waals surface area contributed by atoms with Crippen molar-refractivity contribution in [2.75, 3.05) is 39.1 Å². The van der Waals surface area contributed by atoms with Crippen LogP contribution in [0.25, 0.3) is 0 Å². The average molecular weight is 318 g/mol. The number of likely N-dealkylation sites (N-methyl/N-ethyl adjacent to an activating group) is 1. The van der Waals surface area contributed by atoms with Crippen LogP contribution in [0.1, 0.15) is 20.8 Å². The van der Waals surface area contributed by atoms with E-state index in [2.05, 4.69) is 36.1 Å². The van der Waals surface area contributed by atoms with Crippen molar-refractivity contribution in [3.63, 3.8) is 0 Å². The molecule has 1 heterocycles. The van der Waals surface area contributed by atoms with Crippen molar-refractivity contribution in [2.24, 2.45) is 16.9 Å². The van der Waals surface area contributed by atoms with Gasteiger partial charge < -0.3 is 10.1 Å². The molecule has 8 heteroatoms. The molecule has 0 aromatic rings. The van der Waals surface area contributed by atoms with Gasteiger partial charge in [-0.25, -0.2) is 10.1 Å². The van der Waals surface area contributed by atoms with Crippen LogP contribution in [0, 0.1) is 22.0 Å². The molecule has 7 nitrogen and oxygen atoms in total. The molecular weight excluding hydrogens is 292 g/mol. The van der Waals surface area contributed by atoms with Crippen molar-refractivity contribution in [3.8, 4) is 0 Å². The van der Waals surface area contributed by atoms with Gasteiger partial charge in [-0.3, -0.25) is 4.90 Å². The lowest BCUT2D eigenvalue weighted by molar-refractivity contribution is -0.484. The second-order valence-corrected chi connectivity index (χ2v) is 6.23. The molecular formula is C13H26N4O3S. The fourth-order valence-corrected chi connectivity index (χ4v) is 2.82. The van der Waals surface area contributed by atoms with Gasteiger partial charge in [0.25, 0.3) is 0 Å². The minimum Gasteiger partial charge on any atom is -0.381 e. The van der Waals surface area contributed by atoms with Crippen LogP contribution in [0.2, 0.25) is 0 Å². The monoisotopic (exact) mass is 318 g/mol. The summed E-state index contributed by atoms with van der Waals surface area (Å²) in [5.41, 5.74) is 0. The Bertz CT molecular complexity index is 367. The molecule has 1 N–H and O–H groups in total. The second kappa shape index (κ2) is 9.22. The van der Waals surface area contributed by atoms with Crippen LogP contribution in [-0.2, 0) is 4.74 Å². The van der Waals surface area contributed by atoms with E-state index in [0.29, 0.717) is 23.5 Å². The molecule has 0 bridgehead atoms. The first kappa shape index (κ1) is 18.2. The fraction of sp³-hybridized carbons (Fsp3) is 0.923. The van der Waals surface area contributed by atoms with Gasteiger partial charge in [0.15, 0.2) is 5.03 Å². The van der Waals surface area contributed by atoms with Gasteiger partial charge in [-0.2, -0.15) is 0 Å². The molecule has 1 saturated heterocycles. The molecule has 0 amide bonds. The van der Waals surface area contributed by atoms with E-state index in [1.807, 2.05) is 0 Å². The number of ether oxygens (including phenoxy) is 1. The maximum atomic E-state index is 10.4. The van der Waals surface area contributed by atoms with E-state index in [-0.39, 0.29) is 6.04 Å². The van der Waals surface area contributed by atoms with Gasteiger partial charge in [0.2, 0.25) is 5.17 Å². The number of thioether (sulfide) groups is 1. The van der Waals surface area contributed by atoms with Gasteiger partial charge in [-0.05, 0) is 31.6 Å². The Hall–Kier alpha value is -0.860. The zero-order chi connectivity index (χ0) is 15.8. The quantitative estimate of drug-likeness (QED) is 0.331. The third-order valence-electron chi connectivity index (χ3n) is 3.93. The van der Waals surface area contributed by atoms with E-state index >= 15 is 0 Å². The molecule has 122 valence electrons. The number of hydrazone groups is 1. The Morgan fingerprint density at radius 2 is 2.33 bits per heavy atom. The molecule has 21 heavy (non-hydrogen) atoms. The van der Waals surface area contributed by atoms with Crippen LogP contribution in [-0.4, -0.2) is 60.2 Å². The molecule has 3 atom stereocenters. The van der Waals surface area contributed by atoms with Crippen molar-refractivity contribution >= 4 is 16.9 Å². The SMILES string of the molecule is CCN(CC1COCC1C)C(C)CNC(=N[N+](=O)[O-])SC. The van der Waals surface area contributed by atoms with E-state index in [0.717, 1.165) is 26.3 Å². The third-order valence-corrected chi connectivity index (χ3v) is 4.54. The first-order chi connectivity index (χ1) is 9.97. The van der Waals surface area contributed by atoms with E-state index in [1.54, 1.807) is 6.26 Å². The number of rotatable bonds is 7. The maximum Gasteiger partial charge on any atom is 0.234 e. The van der Waals surface area contributed by atoms with Gasteiger partial charge in [0.05, 0.1) is 11.7 Å². The summed E-state index contributed by atoms with van der Waals surface area (Å²) in [6.45, 7) is 10.8. The lowest BCUT2D eigenvalue weighted by atomic mass is 9.97. The van der Waals surface area contributed by atoms with E-state index < -0.39 is 5.03 Å². The van der Waals surface area contributed by atoms with Crippen molar-refractivity contribution in [2.45, 2.75) is 26.8 Å². The topological polar surface area (TPSA) is 80.0 Å². The lowest BCUT2D eigenvalue weighted by Gasteiger charge is -2.31. The molecule has 0 saturated carbocycles. The summed E-state index contributed by atoms with van der Waals surface area (Å²) in [5.74, 6) is 1.16. The standard InChI is InChI=1S/C13H26N4O3S/c1-5-16(7-12-9-20-8-10(12)2)11(3)6-14-13(21-4)15-17(18)19/h10-12H,5-9H2,1-4H3,(H,14,15). The smallest absolute Gasteiger partial charge is 0.234 e. The molecule has 1 aliphatic rings. The average Bonchev–Trinajstić information content (AvgIpc) is 2.85. The lowest BCUT2D eigenvalue weighted by Crippen LogP contribution is -2.44. The van der Waals surface area contributed by atoms with Crippen LogP contribution < -0.4 is 5.32 Å². The second-order valence-electron chi connectivity index (χ2n) is 5.44. The Labute approximate surface area is 130 Å². The first-order valence-electron chi connectivity index (χ1n) is 7.30. The van der Waals surface area contributed by atoms with Gasteiger partial charge in [-0.15, -0.1) is 0 Å². The van der Waals surface area contributed by atoms with Crippen molar-refractivity contribution in [1.82, 2.24) is 10.2 Å². The third kappa shape index (κ3) is 6.19. The first-order valence-corrected chi connectivity index (χ1v) is 8.53. The number of nitrogens with one attached hydrogen (secondary N) is 1. The highest BCUT2D eigenvalue weighted by Crippen LogP contribution is 2.21. The zero-order valence-corrected chi connectivity index (χ0v) is 14.1. The largest absolute Gasteiger partial charge is 0.381 e. The molecule has 0 aromatic carbocycles. The highest BCUT2D eigenvalue weighted by molar-refractivity contribution is 8.13. The highest BCUT2D eigenvalue weighted by Gasteiger charge is 2.27. The predicted octanol–water partition coefficient (Wildman–Crippen LogP) is 1.48. The minimum atomic E-state index is -0.668. The fourth-order valence-electron chi connectivity index (χ4n) is 2.45. The molecule has 0 aromatic heterocycles. The molecule has 0 radical (unpaired) electrons. The van der Waals surface area contributed by atoms with Crippen molar-refractivity contribution in [3.05, 3.63) is 10.1 Å². The van der Waals surface area contributed by atoms with Crippen molar-refractivity contribution < 1.29 is 9.77 Å². The highest BCUT2D eigenvalue weighted by atomic mass is 32.2. The van der Waals surface area contributed by atoms with Gasteiger partial charge in [0, 0.05) is 25.7 Å². The summed E-state index contributed by atoms with van der Waals surface area (Å²) in [6, 6.07) is 0.284. The van der Waals surface area contributed by atoms with Gasteiger partial charge >= 0.3 is 0 Å². The van der Waals surface area contributed by atoms with Crippen molar-refractivity contribution in [1.29, 1.82) is 0 Å². The van der Waals surface area contributed by atoms with E-state index in [1.165, 1.54) is 11.8 Å². The van der Waals surface area contributed by atoms with Gasteiger partial charge in [-0.1, -0.05) is 25.6 Å². The van der Waals surface area contributed by atoms with Gasteiger partial charge in [0.1, 0.15) is 0 Å². The molecule has 1 fully saturated rings. The van der Waals surface area contributed by atoms with Crippen LogP contribution in [0.4, 0.5) is 0 Å². The molecule has 0 spiro atoms.